The molecule has 2 heterocycles. The van der Waals surface area contributed by atoms with Gasteiger partial charge >= 0.3 is 6.18 Å². The Bertz CT molecular complexity index is 817. The van der Waals surface area contributed by atoms with Crippen molar-refractivity contribution in [3.63, 3.8) is 0 Å². The van der Waals surface area contributed by atoms with E-state index < -0.39 is 36.4 Å². The van der Waals surface area contributed by atoms with Gasteiger partial charge < -0.3 is 20.5 Å². The first-order chi connectivity index (χ1) is 11.8. The summed E-state index contributed by atoms with van der Waals surface area (Å²) in [5.41, 5.74) is 5.64. The van der Waals surface area contributed by atoms with E-state index in [1.807, 2.05) is 0 Å². The van der Waals surface area contributed by atoms with Crippen LogP contribution in [0.15, 0.2) is 24.3 Å². The van der Waals surface area contributed by atoms with E-state index in [1.54, 1.807) is 12.1 Å². The number of piperazine rings is 1. The number of nitrogens with zero attached hydrogens (tertiary/aromatic N) is 3. The van der Waals surface area contributed by atoms with Gasteiger partial charge in [-0.2, -0.15) is 13.2 Å². The van der Waals surface area contributed by atoms with Crippen molar-refractivity contribution in [2.75, 3.05) is 19.6 Å². The fourth-order valence-corrected chi connectivity index (χ4v) is 2.94. The zero-order valence-corrected chi connectivity index (χ0v) is 13.1. The summed E-state index contributed by atoms with van der Waals surface area (Å²) in [6.07, 6.45) is -4.70. The molecule has 0 spiro atoms. The lowest BCUT2D eigenvalue weighted by Crippen LogP contribution is -2.59. The molecule has 2 amide bonds. The standard InChI is InChI=1S/C15H16F3N5O2/c16-15(17,18)14-21-9-3-1-2-4-10(9)23(14)8-12(24)22-6-5-20-7-11(22)13(19)25/h1-4,11,20H,5-8H2,(H2,19,25)/t11-/m1/s1. The number of fused-ring (bicyclic) bond motifs is 1. The Hall–Kier alpha value is -2.62. The lowest BCUT2D eigenvalue weighted by Gasteiger charge is -2.34. The van der Waals surface area contributed by atoms with E-state index in [4.69, 9.17) is 5.73 Å². The Balaban J connectivity index is 1.96. The van der Waals surface area contributed by atoms with Crippen molar-refractivity contribution in [1.82, 2.24) is 19.8 Å². The first-order valence-electron chi connectivity index (χ1n) is 7.61. The second-order valence-corrected chi connectivity index (χ2v) is 5.72. The molecule has 134 valence electrons. The van der Waals surface area contributed by atoms with Crippen molar-refractivity contribution in [2.45, 2.75) is 18.8 Å². The van der Waals surface area contributed by atoms with E-state index in [9.17, 15) is 22.8 Å². The molecule has 1 atom stereocenters. The lowest BCUT2D eigenvalue weighted by molar-refractivity contribution is -0.149. The molecule has 3 N–H and O–H groups in total. The summed E-state index contributed by atoms with van der Waals surface area (Å²) >= 11 is 0. The fraction of sp³-hybridized carbons (Fsp3) is 0.400. The molecule has 1 aliphatic rings. The van der Waals surface area contributed by atoms with Gasteiger partial charge in [-0.25, -0.2) is 4.98 Å². The molecule has 1 fully saturated rings. The molecule has 3 rings (SSSR count). The monoisotopic (exact) mass is 355 g/mol. The van der Waals surface area contributed by atoms with Gasteiger partial charge in [0.25, 0.3) is 0 Å². The summed E-state index contributed by atoms with van der Waals surface area (Å²) in [5.74, 6) is -2.46. The van der Waals surface area contributed by atoms with Crippen molar-refractivity contribution in [1.29, 1.82) is 0 Å². The van der Waals surface area contributed by atoms with Crippen LogP contribution in [-0.2, 0) is 22.3 Å². The number of primary amides is 1. The van der Waals surface area contributed by atoms with Crippen LogP contribution in [0.5, 0.6) is 0 Å². The summed E-state index contributed by atoms with van der Waals surface area (Å²) in [6.45, 7) is 0.240. The van der Waals surface area contributed by atoms with Gasteiger partial charge in [-0.05, 0) is 12.1 Å². The van der Waals surface area contributed by atoms with Crippen LogP contribution < -0.4 is 11.1 Å². The number of carbonyl (C=O) groups excluding carboxylic acids is 2. The van der Waals surface area contributed by atoms with Gasteiger partial charge in [0, 0.05) is 19.6 Å². The first-order valence-corrected chi connectivity index (χ1v) is 7.61. The zero-order valence-electron chi connectivity index (χ0n) is 13.1. The number of hydrogen-bond acceptors (Lipinski definition) is 4. The molecule has 1 saturated heterocycles. The summed E-state index contributed by atoms with van der Waals surface area (Å²) in [5, 5.41) is 2.93. The van der Waals surface area contributed by atoms with E-state index in [0.29, 0.717) is 6.54 Å². The van der Waals surface area contributed by atoms with Gasteiger partial charge in [-0.1, -0.05) is 12.1 Å². The van der Waals surface area contributed by atoms with E-state index in [-0.39, 0.29) is 24.1 Å². The highest BCUT2D eigenvalue weighted by Crippen LogP contribution is 2.31. The second-order valence-electron chi connectivity index (χ2n) is 5.72. The number of alkyl halides is 3. The Morgan fingerprint density at radius 3 is 2.72 bits per heavy atom. The maximum Gasteiger partial charge on any atom is 0.449 e. The number of para-hydroxylation sites is 2. The summed E-state index contributed by atoms with van der Waals surface area (Å²) in [7, 11) is 0. The number of aromatic nitrogens is 2. The van der Waals surface area contributed by atoms with Crippen LogP contribution in [-0.4, -0.2) is 51.9 Å². The minimum Gasteiger partial charge on any atom is -0.368 e. The van der Waals surface area contributed by atoms with Crippen LogP contribution in [0.2, 0.25) is 0 Å². The van der Waals surface area contributed by atoms with Crippen LogP contribution in [0.1, 0.15) is 5.82 Å². The Labute approximate surface area is 140 Å². The molecular weight excluding hydrogens is 339 g/mol. The highest BCUT2D eigenvalue weighted by Gasteiger charge is 2.39. The maximum absolute atomic E-state index is 13.3. The van der Waals surface area contributed by atoms with E-state index in [0.717, 1.165) is 4.57 Å². The molecule has 0 unspecified atom stereocenters. The number of nitrogens with two attached hydrogens (primary N) is 1. The highest BCUT2D eigenvalue weighted by molar-refractivity contribution is 5.88. The van der Waals surface area contributed by atoms with Gasteiger partial charge in [0.2, 0.25) is 17.6 Å². The minimum absolute atomic E-state index is 0.148. The Morgan fingerprint density at radius 2 is 2.04 bits per heavy atom. The quantitative estimate of drug-likeness (QED) is 0.830. The SMILES string of the molecule is NC(=O)[C@H]1CNCCN1C(=O)Cn1c(C(F)(F)F)nc2ccccc21. The van der Waals surface area contributed by atoms with Gasteiger partial charge in [-0.3, -0.25) is 9.59 Å². The minimum atomic E-state index is -4.70. The first kappa shape index (κ1) is 17.2. The lowest BCUT2D eigenvalue weighted by atomic mass is 10.1. The number of imidazole rings is 1. The average Bonchev–Trinajstić information content (AvgIpc) is 2.94. The van der Waals surface area contributed by atoms with Crippen molar-refractivity contribution in [3.05, 3.63) is 30.1 Å². The van der Waals surface area contributed by atoms with Crippen molar-refractivity contribution in [2.24, 2.45) is 5.73 Å². The third-order valence-electron chi connectivity index (χ3n) is 4.09. The molecule has 0 aliphatic carbocycles. The van der Waals surface area contributed by atoms with Crippen molar-refractivity contribution >= 4 is 22.8 Å². The molecule has 0 saturated carbocycles. The van der Waals surface area contributed by atoms with E-state index in [1.165, 1.54) is 17.0 Å². The number of halogens is 3. The van der Waals surface area contributed by atoms with Gasteiger partial charge in [0.1, 0.15) is 12.6 Å². The molecule has 1 aliphatic heterocycles. The Morgan fingerprint density at radius 1 is 1.32 bits per heavy atom. The fourth-order valence-electron chi connectivity index (χ4n) is 2.94. The van der Waals surface area contributed by atoms with Crippen LogP contribution in [0, 0.1) is 0 Å². The molecule has 1 aromatic heterocycles. The largest absolute Gasteiger partial charge is 0.449 e. The van der Waals surface area contributed by atoms with Gasteiger partial charge in [-0.15, -0.1) is 0 Å². The molecular formula is C15H16F3N5O2. The number of carbonyl (C=O) groups is 2. The predicted octanol–water partition coefficient (Wildman–Crippen LogP) is 0.341. The molecule has 2 aromatic rings. The summed E-state index contributed by atoms with van der Waals surface area (Å²) in [4.78, 5) is 28.9. The maximum atomic E-state index is 13.3. The van der Waals surface area contributed by atoms with Crippen LogP contribution in [0.3, 0.4) is 0 Å². The van der Waals surface area contributed by atoms with Gasteiger partial charge in [0.15, 0.2) is 0 Å². The number of amides is 2. The zero-order chi connectivity index (χ0) is 18.2. The topological polar surface area (TPSA) is 93.3 Å². The second kappa shape index (κ2) is 6.36. The smallest absolute Gasteiger partial charge is 0.368 e. The van der Waals surface area contributed by atoms with Gasteiger partial charge in [0.05, 0.1) is 11.0 Å². The number of nitrogens with one attached hydrogen (secondary N) is 1. The van der Waals surface area contributed by atoms with Crippen molar-refractivity contribution < 1.29 is 22.8 Å². The predicted molar refractivity (Wildman–Crippen MR) is 82.3 cm³/mol. The average molecular weight is 355 g/mol. The molecule has 1 aromatic carbocycles. The summed E-state index contributed by atoms with van der Waals surface area (Å²) in [6, 6.07) is 5.17. The van der Waals surface area contributed by atoms with Crippen LogP contribution in [0.25, 0.3) is 11.0 Å². The highest BCUT2D eigenvalue weighted by atomic mass is 19.4. The molecule has 25 heavy (non-hydrogen) atoms. The molecule has 0 bridgehead atoms. The number of benzene rings is 1. The Kier molecular flexibility index (Phi) is 4.38. The normalized spacial score (nSPS) is 18.5. The third kappa shape index (κ3) is 3.29. The van der Waals surface area contributed by atoms with E-state index in [2.05, 4.69) is 10.3 Å². The molecule has 10 heteroatoms. The van der Waals surface area contributed by atoms with Crippen LogP contribution in [0.4, 0.5) is 13.2 Å². The molecule has 0 radical (unpaired) electrons. The van der Waals surface area contributed by atoms with E-state index >= 15 is 0 Å². The molecule has 7 nitrogen and oxygen atoms in total. The number of rotatable bonds is 3. The summed E-state index contributed by atoms with van der Waals surface area (Å²) < 4.78 is 40.7. The number of hydrogen-bond donors (Lipinski definition) is 2. The van der Waals surface area contributed by atoms with Crippen molar-refractivity contribution in [3.8, 4) is 0 Å². The third-order valence-corrected chi connectivity index (χ3v) is 4.09. The van der Waals surface area contributed by atoms with Crippen LogP contribution >= 0.6 is 0 Å².